The molecule has 1 aromatic rings. The molecule has 1 aliphatic rings. The summed E-state index contributed by atoms with van der Waals surface area (Å²) in [4.78, 5) is 13.8. The van der Waals surface area contributed by atoms with Gasteiger partial charge in [0.25, 0.3) is 0 Å². The molecule has 0 atom stereocenters. The van der Waals surface area contributed by atoms with Crippen LogP contribution in [0.2, 0.25) is 0 Å². The maximum atomic E-state index is 12.5. The van der Waals surface area contributed by atoms with Crippen LogP contribution in [0.5, 0.6) is 0 Å². The number of methoxy groups -OCH3 is 1. The van der Waals surface area contributed by atoms with E-state index in [2.05, 4.69) is 32.6 Å². The van der Waals surface area contributed by atoms with Gasteiger partial charge >= 0.3 is 0 Å². The molecule has 0 aliphatic carbocycles. The average molecular weight is 398 g/mol. The summed E-state index contributed by atoms with van der Waals surface area (Å²) in [5.41, 5.74) is -0.351. The summed E-state index contributed by atoms with van der Waals surface area (Å²) in [7, 11) is 1.67. The summed E-state index contributed by atoms with van der Waals surface area (Å²) < 4.78 is 6.41. The molecule has 4 nitrogen and oxygen atoms in total. The van der Waals surface area contributed by atoms with E-state index in [1.807, 2.05) is 6.07 Å². The van der Waals surface area contributed by atoms with Gasteiger partial charge in [0.05, 0.1) is 15.8 Å². The van der Waals surface area contributed by atoms with Crippen LogP contribution in [0.3, 0.4) is 0 Å². The van der Waals surface area contributed by atoms with Crippen LogP contribution in [0.25, 0.3) is 0 Å². The Labute approximate surface area is 144 Å². The van der Waals surface area contributed by atoms with Gasteiger partial charge in [0.2, 0.25) is 5.91 Å². The largest absolute Gasteiger partial charge is 0.384 e. The number of halogens is 2. The van der Waals surface area contributed by atoms with E-state index < -0.39 is 0 Å². The summed E-state index contributed by atoms with van der Waals surface area (Å²) >= 11 is 5.17. The number of ether oxygens (including phenoxy) is 1. The second-order valence-electron chi connectivity index (χ2n) is 5.18. The van der Waals surface area contributed by atoms with Crippen molar-refractivity contribution in [1.29, 1.82) is 0 Å². The Hall–Kier alpha value is -0.140. The molecule has 1 fully saturated rings. The first-order chi connectivity index (χ1) is 9.66. The van der Waals surface area contributed by atoms with E-state index in [0.717, 1.165) is 36.1 Å². The SMILES string of the molecule is COCC1(C(=O)NCCc2ccc(Br)s2)CCNCC1.Cl. The normalized spacial score (nSPS) is 17.0. The number of hydrogen-bond acceptors (Lipinski definition) is 4. The highest BCUT2D eigenvalue weighted by atomic mass is 79.9. The monoisotopic (exact) mass is 396 g/mol. The molecule has 1 saturated heterocycles. The highest BCUT2D eigenvalue weighted by Crippen LogP contribution is 2.29. The van der Waals surface area contributed by atoms with Crippen molar-refractivity contribution in [2.75, 3.05) is 33.4 Å². The summed E-state index contributed by atoms with van der Waals surface area (Å²) in [6.45, 7) is 2.96. The van der Waals surface area contributed by atoms with Gasteiger partial charge in [0.1, 0.15) is 0 Å². The van der Waals surface area contributed by atoms with E-state index in [1.54, 1.807) is 18.4 Å². The third-order valence-corrected chi connectivity index (χ3v) is 5.43. The zero-order chi connectivity index (χ0) is 14.4. The molecule has 120 valence electrons. The van der Waals surface area contributed by atoms with E-state index in [9.17, 15) is 4.79 Å². The number of amides is 1. The minimum absolute atomic E-state index is 0. The van der Waals surface area contributed by atoms with Crippen LogP contribution < -0.4 is 10.6 Å². The maximum absolute atomic E-state index is 12.5. The van der Waals surface area contributed by atoms with Crippen LogP contribution in [0.4, 0.5) is 0 Å². The highest BCUT2D eigenvalue weighted by Gasteiger charge is 2.39. The van der Waals surface area contributed by atoms with Crippen LogP contribution in [0.1, 0.15) is 17.7 Å². The molecule has 2 rings (SSSR count). The lowest BCUT2D eigenvalue weighted by Crippen LogP contribution is -2.50. The predicted molar refractivity (Wildman–Crippen MR) is 92.4 cm³/mol. The molecule has 0 radical (unpaired) electrons. The van der Waals surface area contributed by atoms with Gasteiger partial charge in [-0.1, -0.05) is 0 Å². The lowest BCUT2D eigenvalue weighted by atomic mass is 9.78. The van der Waals surface area contributed by atoms with Gasteiger partial charge in [0.15, 0.2) is 0 Å². The standard InChI is InChI=1S/C14H21BrN2O2S.ClH/c1-19-10-14(5-8-16-9-6-14)13(18)17-7-4-11-2-3-12(15)20-11;/h2-3,16H,4-10H2,1H3,(H,17,18);1H. The van der Waals surface area contributed by atoms with Crippen molar-refractivity contribution in [3.63, 3.8) is 0 Å². The Balaban J connectivity index is 0.00000220. The smallest absolute Gasteiger partial charge is 0.228 e. The van der Waals surface area contributed by atoms with Gasteiger partial charge in [-0.25, -0.2) is 0 Å². The van der Waals surface area contributed by atoms with Gasteiger partial charge in [-0.05, 0) is 60.4 Å². The average Bonchev–Trinajstić information content (AvgIpc) is 2.86. The Morgan fingerprint density at radius 3 is 2.76 bits per heavy atom. The zero-order valence-corrected chi connectivity index (χ0v) is 15.3. The Morgan fingerprint density at radius 1 is 1.48 bits per heavy atom. The second kappa shape index (κ2) is 9.10. The molecular weight excluding hydrogens is 376 g/mol. The summed E-state index contributed by atoms with van der Waals surface area (Å²) in [5.74, 6) is 0.136. The van der Waals surface area contributed by atoms with Crippen molar-refractivity contribution in [2.45, 2.75) is 19.3 Å². The van der Waals surface area contributed by atoms with Crippen LogP contribution in [-0.4, -0.2) is 39.3 Å². The molecule has 2 N–H and O–H groups in total. The van der Waals surface area contributed by atoms with Gasteiger partial charge in [0, 0.05) is 18.5 Å². The number of piperidine rings is 1. The molecule has 1 aromatic heterocycles. The fourth-order valence-electron chi connectivity index (χ4n) is 2.59. The van der Waals surface area contributed by atoms with Gasteiger partial charge in [-0.2, -0.15) is 0 Å². The fourth-order valence-corrected chi connectivity index (χ4v) is 4.07. The molecule has 21 heavy (non-hydrogen) atoms. The van der Waals surface area contributed by atoms with E-state index >= 15 is 0 Å². The Kier molecular flexibility index (Phi) is 8.19. The number of nitrogens with one attached hydrogen (secondary N) is 2. The van der Waals surface area contributed by atoms with Crippen molar-refractivity contribution >= 4 is 45.6 Å². The van der Waals surface area contributed by atoms with Crippen molar-refractivity contribution in [3.8, 4) is 0 Å². The van der Waals surface area contributed by atoms with Gasteiger partial charge < -0.3 is 15.4 Å². The molecule has 7 heteroatoms. The number of hydrogen-bond donors (Lipinski definition) is 2. The van der Waals surface area contributed by atoms with E-state index in [-0.39, 0.29) is 23.7 Å². The zero-order valence-electron chi connectivity index (χ0n) is 12.1. The van der Waals surface area contributed by atoms with E-state index in [4.69, 9.17) is 4.74 Å². The number of thiophene rings is 1. The van der Waals surface area contributed by atoms with Crippen LogP contribution >= 0.6 is 39.7 Å². The van der Waals surface area contributed by atoms with Crippen molar-refractivity contribution in [1.82, 2.24) is 10.6 Å². The molecule has 2 heterocycles. The van der Waals surface area contributed by atoms with Gasteiger partial charge in [-0.15, -0.1) is 23.7 Å². The molecule has 1 amide bonds. The first-order valence-corrected chi connectivity index (χ1v) is 8.49. The highest BCUT2D eigenvalue weighted by molar-refractivity contribution is 9.11. The summed E-state index contributed by atoms with van der Waals surface area (Å²) in [6, 6.07) is 4.14. The summed E-state index contributed by atoms with van der Waals surface area (Å²) in [6.07, 6.45) is 2.57. The fraction of sp³-hybridized carbons (Fsp3) is 0.643. The number of carbonyl (C=O) groups is 1. The topological polar surface area (TPSA) is 50.4 Å². The molecule has 0 unspecified atom stereocenters. The first kappa shape index (κ1) is 18.9. The van der Waals surface area contributed by atoms with Crippen molar-refractivity contribution < 1.29 is 9.53 Å². The third-order valence-electron chi connectivity index (χ3n) is 3.75. The second-order valence-corrected chi connectivity index (χ2v) is 7.72. The van der Waals surface area contributed by atoms with E-state index in [1.165, 1.54) is 4.88 Å². The van der Waals surface area contributed by atoms with Crippen LogP contribution in [0, 0.1) is 5.41 Å². The molecule has 0 spiro atoms. The number of rotatable bonds is 6. The van der Waals surface area contributed by atoms with Crippen LogP contribution in [0.15, 0.2) is 15.9 Å². The quantitative estimate of drug-likeness (QED) is 0.776. The Bertz CT molecular complexity index is 444. The minimum Gasteiger partial charge on any atom is -0.384 e. The minimum atomic E-state index is -0.351. The number of carbonyl (C=O) groups excluding carboxylic acids is 1. The third kappa shape index (κ3) is 5.21. The van der Waals surface area contributed by atoms with Crippen molar-refractivity contribution in [2.24, 2.45) is 5.41 Å². The first-order valence-electron chi connectivity index (χ1n) is 6.88. The molecule has 0 saturated carbocycles. The lowest BCUT2D eigenvalue weighted by molar-refractivity contribution is -0.136. The lowest BCUT2D eigenvalue weighted by Gasteiger charge is -2.35. The van der Waals surface area contributed by atoms with Crippen molar-refractivity contribution in [3.05, 3.63) is 20.8 Å². The predicted octanol–water partition coefficient (Wildman–Crippen LogP) is 2.61. The molecular formula is C14H22BrClN2O2S. The molecule has 0 bridgehead atoms. The molecule has 0 aromatic carbocycles. The van der Waals surface area contributed by atoms with Gasteiger partial charge in [-0.3, -0.25) is 4.79 Å². The van der Waals surface area contributed by atoms with Crippen LogP contribution in [-0.2, 0) is 16.0 Å². The maximum Gasteiger partial charge on any atom is 0.228 e. The molecule has 1 aliphatic heterocycles. The summed E-state index contributed by atoms with van der Waals surface area (Å²) in [5, 5.41) is 6.38. The Morgan fingerprint density at radius 2 is 2.19 bits per heavy atom. The van der Waals surface area contributed by atoms with E-state index in [0.29, 0.717) is 13.2 Å².